The largest absolute Gasteiger partial charge is 0.497 e. The number of fused-ring (bicyclic) bond motifs is 1. The molecular formula is C25H26N2O2. The van der Waals surface area contributed by atoms with Gasteiger partial charge < -0.3 is 14.5 Å². The minimum atomic E-state index is 0.858. The molecule has 1 heterocycles. The van der Waals surface area contributed by atoms with Gasteiger partial charge in [0.25, 0.3) is 0 Å². The Morgan fingerprint density at radius 1 is 0.690 bits per heavy atom. The Kier molecular flexibility index (Phi) is 5.82. The predicted molar refractivity (Wildman–Crippen MR) is 117 cm³/mol. The van der Waals surface area contributed by atoms with Crippen LogP contribution in [0.4, 0.5) is 0 Å². The first-order valence-electron chi connectivity index (χ1n) is 9.78. The highest BCUT2D eigenvalue weighted by atomic mass is 16.5. The molecule has 0 saturated heterocycles. The molecule has 4 aromatic rings. The van der Waals surface area contributed by atoms with Crippen molar-refractivity contribution in [1.82, 2.24) is 9.88 Å². The molecule has 0 spiro atoms. The molecule has 0 aliphatic rings. The number of nitrogens with zero attached hydrogens (tertiary/aromatic N) is 1. The van der Waals surface area contributed by atoms with Gasteiger partial charge in [-0.05, 0) is 53.1 Å². The van der Waals surface area contributed by atoms with E-state index in [-0.39, 0.29) is 0 Å². The lowest BCUT2D eigenvalue weighted by atomic mass is 10.1. The fourth-order valence-corrected chi connectivity index (χ4v) is 3.68. The highest BCUT2D eigenvalue weighted by Gasteiger charge is 2.11. The number of hydrogen-bond acceptors (Lipinski definition) is 3. The molecule has 0 bridgehead atoms. The maximum absolute atomic E-state index is 5.30. The van der Waals surface area contributed by atoms with Gasteiger partial charge >= 0.3 is 0 Å². The standard InChI is InChI=1S/C25H26N2O2/c1-28-22-10-6-19(7-11-22)16-27(17-20-8-12-23(29-2)13-9-20)18-21-4-3-5-25-24(21)14-15-26-25/h3-15,26H,16-18H2,1-2H3. The first-order chi connectivity index (χ1) is 14.2. The van der Waals surface area contributed by atoms with Crippen molar-refractivity contribution in [3.63, 3.8) is 0 Å². The Morgan fingerprint density at radius 3 is 1.83 bits per heavy atom. The van der Waals surface area contributed by atoms with E-state index < -0.39 is 0 Å². The molecule has 1 N–H and O–H groups in total. The van der Waals surface area contributed by atoms with Crippen molar-refractivity contribution in [3.8, 4) is 11.5 Å². The summed E-state index contributed by atoms with van der Waals surface area (Å²) in [6.45, 7) is 2.58. The number of nitrogens with one attached hydrogen (secondary N) is 1. The lowest BCUT2D eigenvalue weighted by Crippen LogP contribution is -2.22. The van der Waals surface area contributed by atoms with Crippen molar-refractivity contribution in [3.05, 3.63) is 95.7 Å². The van der Waals surface area contributed by atoms with E-state index in [1.807, 2.05) is 30.5 Å². The second-order valence-electron chi connectivity index (χ2n) is 7.20. The summed E-state index contributed by atoms with van der Waals surface area (Å²) in [5, 5.41) is 1.28. The zero-order valence-electron chi connectivity index (χ0n) is 16.9. The molecule has 148 valence electrons. The van der Waals surface area contributed by atoms with Crippen LogP contribution in [0.25, 0.3) is 10.9 Å². The van der Waals surface area contributed by atoms with Crippen molar-refractivity contribution in [2.24, 2.45) is 0 Å². The van der Waals surface area contributed by atoms with Gasteiger partial charge in [-0.15, -0.1) is 0 Å². The molecule has 29 heavy (non-hydrogen) atoms. The van der Waals surface area contributed by atoms with Crippen LogP contribution < -0.4 is 9.47 Å². The van der Waals surface area contributed by atoms with E-state index in [1.165, 1.54) is 27.6 Å². The molecule has 4 nitrogen and oxygen atoms in total. The molecule has 4 heteroatoms. The average molecular weight is 386 g/mol. The number of aromatic amines is 1. The summed E-state index contributed by atoms with van der Waals surface area (Å²) in [4.78, 5) is 5.78. The van der Waals surface area contributed by atoms with Gasteiger partial charge in [-0.2, -0.15) is 0 Å². The normalized spacial score (nSPS) is 11.1. The Labute approximate surface area is 171 Å². The summed E-state index contributed by atoms with van der Waals surface area (Å²) in [5.74, 6) is 1.76. The highest BCUT2D eigenvalue weighted by Crippen LogP contribution is 2.22. The molecule has 4 rings (SSSR count). The maximum atomic E-state index is 5.30. The molecule has 0 fully saturated rings. The van der Waals surface area contributed by atoms with Crippen LogP contribution in [-0.4, -0.2) is 24.1 Å². The lowest BCUT2D eigenvalue weighted by molar-refractivity contribution is 0.248. The van der Waals surface area contributed by atoms with Crippen LogP contribution in [0.2, 0.25) is 0 Å². The van der Waals surface area contributed by atoms with Crippen LogP contribution in [-0.2, 0) is 19.6 Å². The van der Waals surface area contributed by atoms with Gasteiger partial charge in [0, 0.05) is 36.7 Å². The molecular weight excluding hydrogens is 360 g/mol. The van der Waals surface area contributed by atoms with E-state index in [4.69, 9.17) is 9.47 Å². The third-order valence-electron chi connectivity index (χ3n) is 5.21. The molecule has 0 aliphatic heterocycles. The van der Waals surface area contributed by atoms with E-state index in [1.54, 1.807) is 14.2 Å². The summed E-state index contributed by atoms with van der Waals surface area (Å²) in [5.41, 5.74) is 5.03. The van der Waals surface area contributed by atoms with Crippen molar-refractivity contribution in [2.45, 2.75) is 19.6 Å². The smallest absolute Gasteiger partial charge is 0.118 e. The lowest BCUT2D eigenvalue weighted by Gasteiger charge is -2.23. The fourth-order valence-electron chi connectivity index (χ4n) is 3.68. The highest BCUT2D eigenvalue weighted by molar-refractivity contribution is 5.82. The zero-order valence-corrected chi connectivity index (χ0v) is 16.9. The second-order valence-corrected chi connectivity index (χ2v) is 7.20. The van der Waals surface area contributed by atoms with Crippen molar-refractivity contribution in [1.29, 1.82) is 0 Å². The molecule has 0 saturated carbocycles. The monoisotopic (exact) mass is 386 g/mol. The van der Waals surface area contributed by atoms with E-state index in [9.17, 15) is 0 Å². The first-order valence-corrected chi connectivity index (χ1v) is 9.78. The van der Waals surface area contributed by atoms with E-state index >= 15 is 0 Å². The van der Waals surface area contributed by atoms with Crippen LogP contribution in [0.1, 0.15) is 16.7 Å². The average Bonchev–Trinajstić information content (AvgIpc) is 3.25. The van der Waals surface area contributed by atoms with Gasteiger partial charge in [0.2, 0.25) is 0 Å². The van der Waals surface area contributed by atoms with Gasteiger partial charge in [-0.1, -0.05) is 36.4 Å². The van der Waals surface area contributed by atoms with E-state index in [0.29, 0.717) is 0 Å². The summed E-state index contributed by atoms with van der Waals surface area (Å²) in [6, 6.07) is 25.2. The van der Waals surface area contributed by atoms with Gasteiger partial charge in [-0.25, -0.2) is 0 Å². The van der Waals surface area contributed by atoms with Crippen LogP contribution in [0.3, 0.4) is 0 Å². The Bertz CT molecular complexity index is 1000. The Balaban J connectivity index is 1.58. The third-order valence-corrected chi connectivity index (χ3v) is 5.21. The van der Waals surface area contributed by atoms with Gasteiger partial charge in [0.15, 0.2) is 0 Å². The number of hydrogen-bond donors (Lipinski definition) is 1. The fraction of sp³-hybridized carbons (Fsp3) is 0.200. The summed E-state index contributed by atoms with van der Waals surface area (Å²) >= 11 is 0. The molecule has 0 atom stereocenters. The minimum absolute atomic E-state index is 0.858. The number of aromatic nitrogens is 1. The Morgan fingerprint density at radius 2 is 1.28 bits per heavy atom. The molecule has 0 radical (unpaired) electrons. The van der Waals surface area contributed by atoms with Crippen molar-refractivity contribution < 1.29 is 9.47 Å². The summed E-state index contributed by atoms with van der Waals surface area (Å²) in [6.07, 6.45) is 2.01. The number of methoxy groups -OCH3 is 2. The van der Waals surface area contributed by atoms with Gasteiger partial charge in [-0.3, -0.25) is 4.90 Å². The van der Waals surface area contributed by atoms with Gasteiger partial charge in [0.05, 0.1) is 14.2 Å². The molecule has 0 unspecified atom stereocenters. The summed E-state index contributed by atoms with van der Waals surface area (Å²) < 4.78 is 10.6. The number of rotatable bonds is 8. The predicted octanol–water partition coefficient (Wildman–Crippen LogP) is 5.39. The Hall–Kier alpha value is -3.24. The number of benzene rings is 3. The minimum Gasteiger partial charge on any atom is -0.497 e. The quantitative estimate of drug-likeness (QED) is 0.441. The molecule has 0 amide bonds. The topological polar surface area (TPSA) is 37.5 Å². The van der Waals surface area contributed by atoms with Crippen LogP contribution in [0.5, 0.6) is 11.5 Å². The van der Waals surface area contributed by atoms with Crippen molar-refractivity contribution in [2.75, 3.05) is 14.2 Å². The third kappa shape index (κ3) is 4.61. The number of ether oxygens (including phenoxy) is 2. The SMILES string of the molecule is COc1ccc(CN(Cc2ccc(OC)cc2)Cc2cccc3[nH]ccc23)cc1. The van der Waals surface area contributed by atoms with Crippen molar-refractivity contribution >= 4 is 10.9 Å². The number of H-pyrrole nitrogens is 1. The van der Waals surface area contributed by atoms with E-state index in [2.05, 4.69) is 58.4 Å². The summed E-state index contributed by atoms with van der Waals surface area (Å²) in [7, 11) is 3.39. The zero-order chi connectivity index (χ0) is 20.1. The maximum Gasteiger partial charge on any atom is 0.118 e. The van der Waals surface area contributed by atoms with Crippen LogP contribution in [0.15, 0.2) is 79.0 Å². The molecule has 0 aliphatic carbocycles. The second kappa shape index (κ2) is 8.84. The van der Waals surface area contributed by atoms with Crippen LogP contribution >= 0.6 is 0 Å². The van der Waals surface area contributed by atoms with E-state index in [0.717, 1.165) is 31.1 Å². The molecule has 3 aromatic carbocycles. The van der Waals surface area contributed by atoms with Gasteiger partial charge in [0.1, 0.15) is 11.5 Å². The first kappa shape index (κ1) is 19.1. The van der Waals surface area contributed by atoms with Crippen LogP contribution in [0, 0.1) is 0 Å². The molecule has 1 aromatic heterocycles.